The smallest absolute Gasteiger partial charge is 0.419 e. The minimum atomic E-state index is -4.83. The molecular weight excluding hydrogens is 340 g/mol. The molecule has 134 valence electrons. The molecule has 0 aliphatic rings. The Morgan fingerprint density at radius 3 is 2.36 bits per heavy atom. The minimum Gasteiger partial charge on any atom is -0.497 e. The second kappa shape index (κ2) is 7.42. The van der Waals surface area contributed by atoms with Crippen LogP contribution in [0.5, 0.6) is 5.75 Å². The van der Waals surface area contributed by atoms with Crippen LogP contribution < -0.4 is 10.1 Å². The number of hydrogen-bond donors (Lipinski definition) is 1. The molecule has 8 heteroatoms. The van der Waals surface area contributed by atoms with Gasteiger partial charge in [-0.2, -0.15) is 13.2 Å². The van der Waals surface area contributed by atoms with E-state index in [0.717, 1.165) is 11.6 Å². The summed E-state index contributed by atoms with van der Waals surface area (Å²) in [6.45, 7) is 0.239. The van der Waals surface area contributed by atoms with Crippen LogP contribution in [0.1, 0.15) is 11.1 Å². The fraction of sp³-hybridized carbons (Fsp3) is 0.235. The van der Waals surface area contributed by atoms with E-state index in [4.69, 9.17) is 4.74 Å². The van der Waals surface area contributed by atoms with Crippen molar-refractivity contribution in [2.24, 2.45) is 0 Å². The number of amides is 2. The summed E-state index contributed by atoms with van der Waals surface area (Å²) in [5.74, 6) is -0.723. The second-order valence-corrected chi connectivity index (χ2v) is 5.33. The van der Waals surface area contributed by atoms with Crippen LogP contribution in [0.3, 0.4) is 0 Å². The van der Waals surface area contributed by atoms with Gasteiger partial charge < -0.3 is 15.0 Å². The predicted molar refractivity (Wildman–Crippen MR) is 84.9 cm³/mol. The summed E-state index contributed by atoms with van der Waals surface area (Å²) in [4.78, 5) is 13.4. The van der Waals surface area contributed by atoms with Crippen LogP contribution in [0.15, 0.2) is 42.5 Å². The number of hydrogen-bond acceptors (Lipinski definition) is 2. The van der Waals surface area contributed by atoms with Crippen LogP contribution in [0.2, 0.25) is 0 Å². The third-order valence-corrected chi connectivity index (χ3v) is 3.45. The summed E-state index contributed by atoms with van der Waals surface area (Å²) < 4.78 is 56.4. The van der Waals surface area contributed by atoms with Crippen LogP contribution in [0.25, 0.3) is 0 Å². The average molecular weight is 356 g/mol. The monoisotopic (exact) mass is 356 g/mol. The Kier molecular flexibility index (Phi) is 5.51. The first-order valence-corrected chi connectivity index (χ1v) is 7.22. The largest absolute Gasteiger partial charge is 0.497 e. The first-order valence-electron chi connectivity index (χ1n) is 7.22. The number of rotatable bonds is 4. The maximum absolute atomic E-state index is 13.3. The number of benzene rings is 2. The topological polar surface area (TPSA) is 41.6 Å². The van der Waals surface area contributed by atoms with E-state index in [1.54, 1.807) is 24.3 Å². The quantitative estimate of drug-likeness (QED) is 0.819. The fourth-order valence-corrected chi connectivity index (χ4v) is 2.12. The molecule has 2 amide bonds. The van der Waals surface area contributed by atoms with Crippen molar-refractivity contribution in [1.82, 2.24) is 4.90 Å². The molecule has 0 radical (unpaired) electrons. The molecule has 0 saturated carbocycles. The van der Waals surface area contributed by atoms with Gasteiger partial charge >= 0.3 is 12.2 Å². The molecule has 2 aromatic carbocycles. The number of halogens is 4. The summed E-state index contributed by atoms with van der Waals surface area (Å²) in [7, 11) is 3.03. The van der Waals surface area contributed by atoms with Crippen LogP contribution in [0.4, 0.5) is 28.0 Å². The average Bonchev–Trinajstić information content (AvgIpc) is 2.56. The van der Waals surface area contributed by atoms with Crippen LogP contribution in [-0.4, -0.2) is 25.1 Å². The zero-order valence-electron chi connectivity index (χ0n) is 13.5. The van der Waals surface area contributed by atoms with E-state index in [-0.39, 0.29) is 12.2 Å². The van der Waals surface area contributed by atoms with E-state index < -0.39 is 23.6 Å². The van der Waals surface area contributed by atoms with Crippen LogP contribution in [-0.2, 0) is 12.7 Å². The molecule has 0 unspecified atom stereocenters. The van der Waals surface area contributed by atoms with Crippen molar-refractivity contribution in [2.45, 2.75) is 12.7 Å². The number of nitrogens with zero attached hydrogens (tertiary/aromatic N) is 1. The molecule has 4 nitrogen and oxygen atoms in total. The maximum Gasteiger partial charge on any atom is 0.419 e. The van der Waals surface area contributed by atoms with Gasteiger partial charge in [-0.25, -0.2) is 9.18 Å². The van der Waals surface area contributed by atoms with Gasteiger partial charge in [0.2, 0.25) is 0 Å². The summed E-state index contributed by atoms with van der Waals surface area (Å²) >= 11 is 0. The second-order valence-electron chi connectivity index (χ2n) is 5.33. The van der Waals surface area contributed by atoms with Crippen LogP contribution >= 0.6 is 0 Å². The number of carbonyl (C=O) groups is 1. The van der Waals surface area contributed by atoms with E-state index in [2.05, 4.69) is 5.32 Å². The predicted octanol–water partition coefficient (Wildman–Crippen LogP) is 4.52. The van der Waals surface area contributed by atoms with Crippen molar-refractivity contribution in [3.05, 3.63) is 59.4 Å². The lowest BCUT2D eigenvalue weighted by Crippen LogP contribution is -2.31. The molecule has 0 saturated heterocycles. The van der Waals surface area contributed by atoms with Gasteiger partial charge in [0.1, 0.15) is 11.6 Å². The molecule has 0 bridgehead atoms. The number of nitrogens with one attached hydrogen (secondary N) is 1. The number of methoxy groups -OCH3 is 1. The van der Waals surface area contributed by atoms with Gasteiger partial charge in [-0.15, -0.1) is 0 Å². The molecule has 0 aliphatic carbocycles. The van der Waals surface area contributed by atoms with Crippen molar-refractivity contribution in [3.63, 3.8) is 0 Å². The van der Waals surface area contributed by atoms with E-state index in [1.165, 1.54) is 19.1 Å². The molecule has 0 aliphatic heterocycles. The molecular formula is C17H16F4N2O2. The molecule has 2 aromatic rings. The first-order chi connectivity index (χ1) is 11.7. The summed E-state index contributed by atoms with van der Waals surface area (Å²) in [5, 5.41) is 2.32. The zero-order chi connectivity index (χ0) is 18.6. The van der Waals surface area contributed by atoms with Crippen LogP contribution in [0, 0.1) is 5.82 Å². The van der Waals surface area contributed by atoms with Crippen molar-refractivity contribution in [3.8, 4) is 5.75 Å². The number of ether oxygens (including phenoxy) is 1. The van der Waals surface area contributed by atoms with E-state index in [9.17, 15) is 22.4 Å². The molecule has 0 atom stereocenters. The Labute approximate surface area is 142 Å². The van der Waals surface area contributed by atoms with Gasteiger partial charge in [-0.3, -0.25) is 0 Å². The van der Waals surface area contributed by atoms with Crippen molar-refractivity contribution in [2.75, 3.05) is 19.5 Å². The molecule has 2 rings (SSSR count). The first kappa shape index (κ1) is 18.6. The van der Waals surface area contributed by atoms with Crippen molar-refractivity contribution in [1.29, 1.82) is 0 Å². The van der Waals surface area contributed by atoms with E-state index >= 15 is 0 Å². The van der Waals surface area contributed by atoms with Gasteiger partial charge in [-0.05, 0) is 35.9 Å². The van der Waals surface area contributed by atoms with Gasteiger partial charge in [0, 0.05) is 19.3 Å². The Morgan fingerprint density at radius 2 is 1.80 bits per heavy atom. The number of urea groups is 1. The number of carbonyl (C=O) groups excluding carboxylic acids is 1. The highest BCUT2D eigenvalue weighted by Gasteiger charge is 2.34. The third-order valence-electron chi connectivity index (χ3n) is 3.45. The maximum atomic E-state index is 13.3. The lowest BCUT2D eigenvalue weighted by atomic mass is 10.2. The molecule has 1 N–H and O–H groups in total. The summed E-state index contributed by atoms with van der Waals surface area (Å²) in [5.41, 5.74) is -0.753. The molecule has 25 heavy (non-hydrogen) atoms. The standard InChI is InChI=1S/C17H16F4N2O2/c1-23(10-11-3-6-13(25-2)7-4-11)16(24)22-12-5-8-15(18)14(9-12)17(19,20)21/h3-9H,10H2,1-2H3,(H,22,24). The minimum absolute atomic E-state index is 0.139. The summed E-state index contributed by atoms with van der Waals surface area (Å²) in [6.07, 6.45) is -4.83. The summed E-state index contributed by atoms with van der Waals surface area (Å²) in [6, 6.07) is 8.69. The van der Waals surface area contributed by atoms with E-state index in [0.29, 0.717) is 17.9 Å². The molecule has 0 aromatic heterocycles. The normalized spacial score (nSPS) is 11.1. The highest BCUT2D eigenvalue weighted by Crippen LogP contribution is 2.33. The Morgan fingerprint density at radius 1 is 1.16 bits per heavy atom. The lowest BCUT2D eigenvalue weighted by molar-refractivity contribution is -0.139. The Bertz CT molecular complexity index is 745. The van der Waals surface area contributed by atoms with Crippen molar-refractivity contribution >= 4 is 11.7 Å². The van der Waals surface area contributed by atoms with Gasteiger partial charge in [0.25, 0.3) is 0 Å². The SMILES string of the molecule is COc1ccc(CN(C)C(=O)Nc2ccc(F)c(C(F)(F)F)c2)cc1. The fourth-order valence-electron chi connectivity index (χ4n) is 2.12. The zero-order valence-corrected chi connectivity index (χ0v) is 13.5. The Balaban J connectivity index is 2.05. The van der Waals surface area contributed by atoms with Gasteiger partial charge in [0.05, 0.1) is 12.7 Å². The molecule has 0 spiro atoms. The number of alkyl halides is 3. The van der Waals surface area contributed by atoms with Gasteiger partial charge in [0.15, 0.2) is 0 Å². The molecule has 0 fully saturated rings. The van der Waals surface area contributed by atoms with E-state index in [1.807, 2.05) is 0 Å². The third kappa shape index (κ3) is 4.85. The Hall–Kier alpha value is -2.77. The highest BCUT2D eigenvalue weighted by molar-refractivity contribution is 5.89. The molecule has 0 heterocycles. The van der Waals surface area contributed by atoms with Crippen molar-refractivity contribution < 1.29 is 27.1 Å². The van der Waals surface area contributed by atoms with Gasteiger partial charge in [-0.1, -0.05) is 12.1 Å². The highest BCUT2D eigenvalue weighted by atomic mass is 19.4. The number of anilines is 1. The lowest BCUT2D eigenvalue weighted by Gasteiger charge is -2.19.